The molecule has 2 heterocycles. The Morgan fingerprint density at radius 3 is 2.75 bits per heavy atom. The molecule has 0 amide bonds. The predicted molar refractivity (Wildman–Crippen MR) is 87.4 cm³/mol. The summed E-state index contributed by atoms with van der Waals surface area (Å²) in [5, 5.41) is 0. The SMILES string of the molecule is CCCCCCCC(=O)Oc1c(C)ncc2c1COP(=O)(O)OC2. The van der Waals surface area contributed by atoms with Crippen molar-refractivity contribution in [2.24, 2.45) is 0 Å². The highest BCUT2D eigenvalue weighted by Gasteiger charge is 2.29. The Morgan fingerprint density at radius 2 is 2.00 bits per heavy atom. The molecule has 7 nitrogen and oxygen atoms in total. The third kappa shape index (κ3) is 5.38. The molecule has 0 fully saturated rings. The molecule has 0 bridgehead atoms. The molecule has 0 aliphatic carbocycles. The second-order valence-corrected chi connectivity index (χ2v) is 7.28. The quantitative estimate of drug-likeness (QED) is 0.450. The molecule has 134 valence electrons. The van der Waals surface area contributed by atoms with Crippen LogP contribution in [-0.4, -0.2) is 15.8 Å². The van der Waals surface area contributed by atoms with Gasteiger partial charge < -0.3 is 9.63 Å². The molecule has 0 saturated heterocycles. The summed E-state index contributed by atoms with van der Waals surface area (Å²) in [6.45, 7) is 3.58. The minimum atomic E-state index is -4.08. The number of aryl methyl sites for hydroxylation is 1. The smallest absolute Gasteiger partial charge is 0.424 e. The molecule has 1 atom stereocenters. The number of aromatic nitrogens is 1. The third-order valence-corrected chi connectivity index (χ3v) is 4.77. The first-order chi connectivity index (χ1) is 11.4. The number of carbonyl (C=O) groups is 1. The van der Waals surface area contributed by atoms with Crippen LogP contribution in [0.4, 0.5) is 0 Å². The summed E-state index contributed by atoms with van der Waals surface area (Å²) >= 11 is 0. The number of carbonyl (C=O) groups excluding carboxylic acids is 1. The predicted octanol–water partition coefficient (Wildman–Crippen LogP) is 3.80. The van der Waals surface area contributed by atoms with Crippen molar-refractivity contribution in [1.82, 2.24) is 4.98 Å². The maximum Gasteiger partial charge on any atom is 0.472 e. The van der Waals surface area contributed by atoms with Gasteiger partial charge in [0.2, 0.25) is 0 Å². The number of pyridine rings is 1. The van der Waals surface area contributed by atoms with E-state index in [1.54, 1.807) is 13.1 Å². The highest BCUT2D eigenvalue weighted by Crippen LogP contribution is 2.48. The molecule has 1 unspecified atom stereocenters. The molecule has 2 rings (SSSR count). The lowest BCUT2D eigenvalue weighted by Gasteiger charge is -2.13. The van der Waals surface area contributed by atoms with Crippen molar-refractivity contribution < 1.29 is 28.0 Å². The van der Waals surface area contributed by atoms with Gasteiger partial charge in [0.05, 0.1) is 18.9 Å². The average Bonchev–Trinajstić information content (AvgIpc) is 2.69. The van der Waals surface area contributed by atoms with Gasteiger partial charge in [0.15, 0.2) is 5.75 Å². The maximum atomic E-state index is 12.1. The van der Waals surface area contributed by atoms with Crippen molar-refractivity contribution in [3.05, 3.63) is 23.0 Å². The largest absolute Gasteiger partial charge is 0.472 e. The molecule has 0 radical (unpaired) electrons. The minimum Gasteiger partial charge on any atom is -0.424 e. The average molecular weight is 357 g/mol. The zero-order valence-electron chi connectivity index (χ0n) is 14.1. The zero-order valence-corrected chi connectivity index (χ0v) is 15.0. The van der Waals surface area contributed by atoms with Crippen LogP contribution < -0.4 is 4.74 Å². The van der Waals surface area contributed by atoms with E-state index in [1.807, 2.05) is 0 Å². The Hall–Kier alpha value is -1.27. The van der Waals surface area contributed by atoms with Crippen LogP contribution in [0, 0.1) is 6.92 Å². The molecule has 1 aromatic heterocycles. The van der Waals surface area contributed by atoms with E-state index in [9.17, 15) is 14.3 Å². The molecule has 8 heteroatoms. The first-order valence-corrected chi connectivity index (χ1v) is 9.72. The number of esters is 1. The normalized spacial score (nSPS) is 20.3. The minimum absolute atomic E-state index is 0.113. The molecule has 1 aliphatic heterocycles. The zero-order chi connectivity index (χ0) is 17.6. The monoisotopic (exact) mass is 357 g/mol. The fraction of sp³-hybridized carbons (Fsp3) is 0.625. The number of hydrogen-bond acceptors (Lipinski definition) is 6. The summed E-state index contributed by atoms with van der Waals surface area (Å²) in [6, 6.07) is 0. The lowest BCUT2D eigenvalue weighted by atomic mass is 10.1. The van der Waals surface area contributed by atoms with E-state index in [4.69, 9.17) is 13.8 Å². The fourth-order valence-electron chi connectivity index (χ4n) is 2.47. The standard InChI is InChI=1S/C16H24NO6P/c1-3-4-5-6-7-8-15(18)23-16-12(2)17-9-13-10-21-24(19,20)22-11-14(13)16/h9H,3-8,10-11H2,1-2H3,(H,19,20). The molecule has 1 aromatic rings. The summed E-state index contributed by atoms with van der Waals surface area (Å²) in [6.07, 6.45) is 7.10. The molecule has 1 aliphatic rings. The Balaban J connectivity index is 2.03. The number of phosphoric acid groups is 1. The van der Waals surface area contributed by atoms with Crippen molar-refractivity contribution in [1.29, 1.82) is 0 Å². The second-order valence-electron chi connectivity index (χ2n) is 5.83. The van der Waals surface area contributed by atoms with Crippen LogP contribution in [-0.2, 0) is 31.6 Å². The molecule has 24 heavy (non-hydrogen) atoms. The van der Waals surface area contributed by atoms with E-state index < -0.39 is 7.82 Å². The van der Waals surface area contributed by atoms with Crippen LogP contribution in [0.15, 0.2) is 6.20 Å². The Morgan fingerprint density at radius 1 is 1.29 bits per heavy atom. The number of hydrogen-bond donors (Lipinski definition) is 1. The van der Waals surface area contributed by atoms with Gasteiger partial charge in [-0.1, -0.05) is 32.6 Å². The van der Waals surface area contributed by atoms with Crippen LogP contribution in [0.3, 0.4) is 0 Å². The van der Waals surface area contributed by atoms with Gasteiger partial charge >= 0.3 is 13.8 Å². The first kappa shape index (κ1) is 19.1. The van der Waals surface area contributed by atoms with Gasteiger partial charge in [0, 0.05) is 23.7 Å². The van der Waals surface area contributed by atoms with Crippen molar-refractivity contribution in [2.75, 3.05) is 0 Å². The lowest BCUT2D eigenvalue weighted by Crippen LogP contribution is -2.12. The van der Waals surface area contributed by atoms with Gasteiger partial charge in [-0.2, -0.15) is 0 Å². The van der Waals surface area contributed by atoms with Crippen LogP contribution in [0.1, 0.15) is 62.3 Å². The van der Waals surface area contributed by atoms with Crippen LogP contribution >= 0.6 is 7.82 Å². The van der Waals surface area contributed by atoms with E-state index in [2.05, 4.69) is 11.9 Å². The van der Waals surface area contributed by atoms with Gasteiger partial charge in [-0.3, -0.25) is 18.8 Å². The van der Waals surface area contributed by atoms with Crippen molar-refractivity contribution in [2.45, 2.75) is 65.6 Å². The maximum absolute atomic E-state index is 12.1. The van der Waals surface area contributed by atoms with E-state index in [0.29, 0.717) is 29.0 Å². The van der Waals surface area contributed by atoms with E-state index >= 15 is 0 Å². The van der Waals surface area contributed by atoms with E-state index in [1.165, 1.54) is 6.42 Å². The topological polar surface area (TPSA) is 95.0 Å². The number of nitrogens with zero attached hydrogens (tertiary/aromatic N) is 1. The molecule has 0 spiro atoms. The second kappa shape index (κ2) is 8.72. The van der Waals surface area contributed by atoms with Crippen molar-refractivity contribution in [3.63, 3.8) is 0 Å². The molecular formula is C16H24NO6P. The van der Waals surface area contributed by atoms with Gasteiger partial charge in [-0.15, -0.1) is 0 Å². The number of fused-ring (bicyclic) bond motifs is 1. The first-order valence-electron chi connectivity index (χ1n) is 8.23. The fourth-order valence-corrected chi connectivity index (χ4v) is 3.13. The third-order valence-electron chi connectivity index (χ3n) is 3.86. The number of phosphoric ester groups is 1. The number of rotatable bonds is 7. The van der Waals surface area contributed by atoms with Gasteiger partial charge in [0.25, 0.3) is 0 Å². The summed E-state index contributed by atoms with van der Waals surface area (Å²) in [7, 11) is -4.08. The summed E-state index contributed by atoms with van der Waals surface area (Å²) < 4.78 is 26.7. The van der Waals surface area contributed by atoms with Crippen LogP contribution in [0.25, 0.3) is 0 Å². The Labute approximate surface area is 142 Å². The highest BCUT2D eigenvalue weighted by molar-refractivity contribution is 7.47. The summed E-state index contributed by atoms with van der Waals surface area (Å²) in [5.41, 5.74) is 1.65. The summed E-state index contributed by atoms with van der Waals surface area (Å²) in [5.74, 6) is -0.0290. The molecule has 1 N–H and O–H groups in total. The number of ether oxygens (including phenoxy) is 1. The van der Waals surface area contributed by atoms with E-state index in [-0.39, 0.29) is 19.2 Å². The molecule has 0 saturated carbocycles. The number of unbranched alkanes of at least 4 members (excludes halogenated alkanes) is 4. The van der Waals surface area contributed by atoms with Crippen LogP contribution in [0.5, 0.6) is 5.75 Å². The highest BCUT2D eigenvalue weighted by atomic mass is 31.2. The van der Waals surface area contributed by atoms with Gasteiger partial charge in [-0.25, -0.2) is 4.57 Å². The Bertz CT molecular complexity index is 633. The summed E-state index contributed by atoms with van der Waals surface area (Å²) in [4.78, 5) is 25.7. The Kier molecular flexibility index (Phi) is 6.92. The molecule has 0 aromatic carbocycles. The van der Waals surface area contributed by atoms with Crippen molar-refractivity contribution in [3.8, 4) is 5.75 Å². The van der Waals surface area contributed by atoms with E-state index in [0.717, 1.165) is 25.7 Å². The molecular weight excluding hydrogens is 333 g/mol. The van der Waals surface area contributed by atoms with Crippen molar-refractivity contribution >= 4 is 13.8 Å². The van der Waals surface area contributed by atoms with Gasteiger partial charge in [-0.05, 0) is 13.3 Å². The lowest BCUT2D eigenvalue weighted by molar-refractivity contribution is -0.134. The van der Waals surface area contributed by atoms with Crippen LogP contribution in [0.2, 0.25) is 0 Å². The van der Waals surface area contributed by atoms with Gasteiger partial charge in [0.1, 0.15) is 0 Å².